The fourth-order valence-corrected chi connectivity index (χ4v) is 2.05. The number of ether oxygens (including phenoxy) is 2. The SMILES string of the molecule is CCOC(=O)C(C)(CCOc1ccccc1)NC(C)C. The fourth-order valence-electron chi connectivity index (χ4n) is 2.05. The molecule has 0 bridgehead atoms. The Bertz CT molecular complexity index is 405. The van der Waals surface area contributed by atoms with Crippen molar-refractivity contribution in [2.24, 2.45) is 0 Å². The minimum atomic E-state index is -0.723. The van der Waals surface area contributed by atoms with E-state index in [1.54, 1.807) is 0 Å². The van der Waals surface area contributed by atoms with Crippen molar-refractivity contribution in [3.8, 4) is 5.75 Å². The van der Waals surface area contributed by atoms with E-state index in [1.807, 2.05) is 58.0 Å². The van der Waals surface area contributed by atoms with Crippen LogP contribution in [-0.2, 0) is 9.53 Å². The molecule has 1 rings (SSSR count). The van der Waals surface area contributed by atoms with Crippen molar-refractivity contribution < 1.29 is 14.3 Å². The molecule has 4 nitrogen and oxygen atoms in total. The number of hydrogen-bond donors (Lipinski definition) is 1. The average molecular weight is 279 g/mol. The predicted molar refractivity (Wildman–Crippen MR) is 79.9 cm³/mol. The van der Waals surface area contributed by atoms with Gasteiger partial charge in [-0.2, -0.15) is 0 Å². The van der Waals surface area contributed by atoms with Crippen LogP contribution in [0.2, 0.25) is 0 Å². The highest BCUT2D eigenvalue weighted by Gasteiger charge is 2.35. The molecule has 0 aliphatic carbocycles. The molecule has 0 fully saturated rings. The molecule has 1 unspecified atom stereocenters. The van der Waals surface area contributed by atoms with Crippen LogP contribution in [-0.4, -0.2) is 30.8 Å². The van der Waals surface area contributed by atoms with Crippen LogP contribution in [0.25, 0.3) is 0 Å². The largest absolute Gasteiger partial charge is 0.494 e. The van der Waals surface area contributed by atoms with E-state index >= 15 is 0 Å². The van der Waals surface area contributed by atoms with Crippen LogP contribution < -0.4 is 10.1 Å². The van der Waals surface area contributed by atoms with E-state index in [2.05, 4.69) is 5.32 Å². The molecular formula is C16H25NO3. The zero-order chi connectivity index (χ0) is 15.0. The van der Waals surface area contributed by atoms with Crippen LogP contribution in [0, 0.1) is 0 Å². The molecule has 0 radical (unpaired) electrons. The summed E-state index contributed by atoms with van der Waals surface area (Å²) in [6.07, 6.45) is 0.554. The summed E-state index contributed by atoms with van der Waals surface area (Å²) in [4.78, 5) is 12.1. The highest BCUT2D eigenvalue weighted by atomic mass is 16.5. The van der Waals surface area contributed by atoms with Gasteiger partial charge in [-0.1, -0.05) is 18.2 Å². The molecule has 0 amide bonds. The van der Waals surface area contributed by atoms with E-state index in [9.17, 15) is 4.79 Å². The number of benzene rings is 1. The summed E-state index contributed by atoms with van der Waals surface area (Å²) in [5.41, 5.74) is -0.723. The summed E-state index contributed by atoms with van der Waals surface area (Å²) in [5, 5.41) is 3.27. The number of hydrogen-bond acceptors (Lipinski definition) is 4. The lowest BCUT2D eigenvalue weighted by molar-refractivity contribution is -0.151. The monoisotopic (exact) mass is 279 g/mol. The Morgan fingerprint density at radius 1 is 1.30 bits per heavy atom. The third-order valence-electron chi connectivity index (χ3n) is 2.95. The molecular weight excluding hydrogens is 254 g/mol. The second-order valence-corrected chi connectivity index (χ2v) is 5.26. The predicted octanol–water partition coefficient (Wildman–Crippen LogP) is 2.78. The third-order valence-corrected chi connectivity index (χ3v) is 2.95. The minimum absolute atomic E-state index is 0.195. The van der Waals surface area contributed by atoms with Gasteiger partial charge in [-0.25, -0.2) is 0 Å². The maximum Gasteiger partial charge on any atom is 0.326 e. The van der Waals surface area contributed by atoms with Crippen LogP contribution in [0.3, 0.4) is 0 Å². The Morgan fingerprint density at radius 2 is 1.95 bits per heavy atom. The molecule has 20 heavy (non-hydrogen) atoms. The molecule has 1 N–H and O–H groups in total. The topological polar surface area (TPSA) is 47.6 Å². The molecule has 4 heteroatoms. The van der Waals surface area contributed by atoms with Gasteiger partial charge in [0.2, 0.25) is 0 Å². The maximum absolute atomic E-state index is 12.1. The zero-order valence-electron chi connectivity index (χ0n) is 12.8. The first-order valence-electron chi connectivity index (χ1n) is 7.10. The van der Waals surface area contributed by atoms with Gasteiger partial charge in [0.25, 0.3) is 0 Å². The molecule has 0 saturated carbocycles. The van der Waals surface area contributed by atoms with Gasteiger partial charge in [-0.05, 0) is 39.8 Å². The smallest absolute Gasteiger partial charge is 0.326 e. The summed E-state index contributed by atoms with van der Waals surface area (Å²) in [6, 6.07) is 9.78. The Morgan fingerprint density at radius 3 is 2.50 bits per heavy atom. The summed E-state index contributed by atoms with van der Waals surface area (Å²) >= 11 is 0. The van der Waals surface area contributed by atoms with Crippen molar-refractivity contribution in [3.05, 3.63) is 30.3 Å². The lowest BCUT2D eigenvalue weighted by Crippen LogP contribution is -2.54. The Kier molecular flexibility index (Phi) is 6.52. The zero-order valence-corrected chi connectivity index (χ0v) is 12.8. The first-order chi connectivity index (χ1) is 9.48. The van der Waals surface area contributed by atoms with Crippen molar-refractivity contribution in [1.82, 2.24) is 5.32 Å². The van der Waals surface area contributed by atoms with E-state index in [0.29, 0.717) is 19.6 Å². The molecule has 0 spiro atoms. The van der Waals surface area contributed by atoms with Gasteiger partial charge in [0, 0.05) is 12.5 Å². The van der Waals surface area contributed by atoms with Gasteiger partial charge in [0.1, 0.15) is 11.3 Å². The van der Waals surface area contributed by atoms with Crippen LogP contribution in [0.5, 0.6) is 5.75 Å². The van der Waals surface area contributed by atoms with Gasteiger partial charge >= 0.3 is 5.97 Å². The Hall–Kier alpha value is -1.55. The third kappa shape index (κ3) is 5.21. The summed E-state index contributed by atoms with van der Waals surface area (Å²) < 4.78 is 10.8. The number of rotatable bonds is 8. The fraction of sp³-hybridized carbons (Fsp3) is 0.562. The molecule has 0 heterocycles. The van der Waals surface area contributed by atoms with Gasteiger partial charge in [-0.15, -0.1) is 0 Å². The van der Waals surface area contributed by atoms with Crippen molar-refractivity contribution in [2.75, 3.05) is 13.2 Å². The Balaban J connectivity index is 2.58. The highest BCUT2D eigenvalue weighted by Crippen LogP contribution is 2.16. The van der Waals surface area contributed by atoms with Gasteiger partial charge in [0.05, 0.1) is 13.2 Å². The molecule has 1 aromatic rings. The van der Waals surface area contributed by atoms with Crippen molar-refractivity contribution in [3.63, 3.8) is 0 Å². The summed E-state index contributed by atoms with van der Waals surface area (Å²) in [7, 11) is 0. The van der Waals surface area contributed by atoms with E-state index in [-0.39, 0.29) is 12.0 Å². The van der Waals surface area contributed by atoms with Crippen molar-refractivity contribution >= 4 is 5.97 Å². The molecule has 112 valence electrons. The van der Waals surface area contributed by atoms with E-state index in [4.69, 9.17) is 9.47 Å². The van der Waals surface area contributed by atoms with Gasteiger partial charge in [-0.3, -0.25) is 10.1 Å². The number of carbonyl (C=O) groups excluding carboxylic acids is 1. The van der Waals surface area contributed by atoms with Crippen LogP contribution in [0.15, 0.2) is 30.3 Å². The van der Waals surface area contributed by atoms with Crippen molar-refractivity contribution in [2.45, 2.75) is 45.7 Å². The van der Waals surface area contributed by atoms with E-state index in [1.165, 1.54) is 0 Å². The quantitative estimate of drug-likeness (QED) is 0.743. The lowest BCUT2D eigenvalue weighted by Gasteiger charge is -2.30. The van der Waals surface area contributed by atoms with E-state index < -0.39 is 5.54 Å². The first kappa shape index (κ1) is 16.5. The number of nitrogens with one attached hydrogen (secondary N) is 1. The highest BCUT2D eigenvalue weighted by molar-refractivity contribution is 5.80. The van der Waals surface area contributed by atoms with Crippen LogP contribution in [0.4, 0.5) is 0 Å². The molecule has 0 aliphatic heterocycles. The standard InChI is InChI=1S/C16H25NO3/c1-5-19-15(18)16(4,17-13(2)3)11-12-20-14-9-7-6-8-10-14/h6-10,13,17H,5,11-12H2,1-4H3. The second kappa shape index (κ2) is 7.90. The molecule has 0 aliphatic rings. The van der Waals surface area contributed by atoms with Crippen LogP contribution >= 0.6 is 0 Å². The Labute approximate surface area is 121 Å². The molecule has 0 saturated heterocycles. The second-order valence-electron chi connectivity index (χ2n) is 5.26. The van der Waals surface area contributed by atoms with E-state index in [0.717, 1.165) is 5.75 Å². The number of esters is 1. The van der Waals surface area contributed by atoms with Gasteiger partial charge in [0.15, 0.2) is 0 Å². The first-order valence-corrected chi connectivity index (χ1v) is 7.10. The minimum Gasteiger partial charge on any atom is -0.494 e. The van der Waals surface area contributed by atoms with Gasteiger partial charge < -0.3 is 9.47 Å². The molecule has 1 aromatic carbocycles. The summed E-state index contributed by atoms with van der Waals surface area (Å²) in [6.45, 7) is 8.53. The lowest BCUT2D eigenvalue weighted by atomic mass is 9.97. The molecule has 0 aromatic heterocycles. The summed E-state index contributed by atoms with van der Waals surface area (Å²) in [5.74, 6) is 0.577. The number of para-hydroxylation sites is 1. The maximum atomic E-state index is 12.1. The normalized spacial score (nSPS) is 13.8. The number of carbonyl (C=O) groups is 1. The van der Waals surface area contributed by atoms with Crippen molar-refractivity contribution in [1.29, 1.82) is 0 Å². The molecule has 1 atom stereocenters. The van der Waals surface area contributed by atoms with Crippen LogP contribution in [0.1, 0.15) is 34.1 Å². The average Bonchev–Trinajstić information content (AvgIpc) is 2.39.